The van der Waals surface area contributed by atoms with Gasteiger partial charge in [0.15, 0.2) is 0 Å². The van der Waals surface area contributed by atoms with E-state index in [9.17, 15) is 0 Å². The Morgan fingerprint density at radius 1 is 1.41 bits per heavy atom. The van der Waals surface area contributed by atoms with Crippen molar-refractivity contribution in [1.29, 1.82) is 0 Å². The maximum absolute atomic E-state index is 5.94. The van der Waals surface area contributed by atoms with Crippen LogP contribution in [-0.2, 0) is 6.54 Å². The van der Waals surface area contributed by atoms with Gasteiger partial charge in [-0.25, -0.2) is 4.98 Å². The first kappa shape index (κ1) is 11.7. The van der Waals surface area contributed by atoms with Crippen molar-refractivity contribution in [3.63, 3.8) is 0 Å². The van der Waals surface area contributed by atoms with E-state index in [0.29, 0.717) is 6.54 Å². The summed E-state index contributed by atoms with van der Waals surface area (Å²) in [6, 6.07) is 7.71. The Kier molecular flexibility index (Phi) is 3.44. The van der Waals surface area contributed by atoms with Gasteiger partial charge in [-0.05, 0) is 25.1 Å². The van der Waals surface area contributed by atoms with Crippen molar-refractivity contribution in [3.8, 4) is 0 Å². The second-order valence-electron chi connectivity index (χ2n) is 4.14. The van der Waals surface area contributed by atoms with E-state index < -0.39 is 0 Å². The molecule has 4 heteroatoms. The third-order valence-electron chi connectivity index (χ3n) is 2.64. The van der Waals surface area contributed by atoms with E-state index >= 15 is 0 Å². The number of rotatable bonds is 4. The average Bonchev–Trinajstić information content (AvgIpc) is 2.81. The molecule has 0 aliphatic heterocycles. The summed E-state index contributed by atoms with van der Waals surface area (Å²) in [5.74, 6) is 1.81. The zero-order valence-corrected chi connectivity index (χ0v) is 10.1. The molecule has 17 heavy (non-hydrogen) atoms. The SMILES string of the molecule is C[C@@H](N)c1cccnc1N(C)Cc1ccco1. The van der Waals surface area contributed by atoms with Crippen LogP contribution in [-0.4, -0.2) is 12.0 Å². The molecule has 0 unspecified atom stereocenters. The molecule has 0 saturated heterocycles. The van der Waals surface area contributed by atoms with E-state index in [0.717, 1.165) is 17.1 Å². The van der Waals surface area contributed by atoms with Crippen molar-refractivity contribution in [2.45, 2.75) is 19.5 Å². The Bertz CT molecular complexity index is 465. The molecule has 0 spiro atoms. The minimum atomic E-state index is -0.0299. The minimum absolute atomic E-state index is 0.0299. The van der Waals surface area contributed by atoms with E-state index in [1.807, 2.05) is 43.1 Å². The van der Waals surface area contributed by atoms with Crippen molar-refractivity contribution in [2.24, 2.45) is 5.73 Å². The number of nitrogens with zero attached hydrogens (tertiary/aromatic N) is 2. The highest BCUT2D eigenvalue weighted by atomic mass is 16.3. The van der Waals surface area contributed by atoms with Crippen LogP contribution in [0.4, 0.5) is 5.82 Å². The normalized spacial score (nSPS) is 12.4. The van der Waals surface area contributed by atoms with E-state index in [2.05, 4.69) is 4.98 Å². The van der Waals surface area contributed by atoms with E-state index in [1.54, 1.807) is 12.5 Å². The van der Waals surface area contributed by atoms with Gasteiger partial charge in [0, 0.05) is 24.8 Å². The van der Waals surface area contributed by atoms with E-state index in [1.165, 1.54) is 0 Å². The Morgan fingerprint density at radius 3 is 2.88 bits per heavy atom. The summed E-state index contributed by atoms with van der Waals surface area (Å²) in [7, 11) is 1.98. The van der Waals surface area contributed by atoms with Crippen LogP contribution in [0.1, 0.15) is 24.3 Å². The molecule has 4 nitrogen and oxygen atoms in total. The Morgan fingerprint density at radius 2 is 2.24 bits per heavy atom. The molecule has 0 aliphatic rings. The lowest BCUT2D eigenvalue weighted by Gasteiger charge is -2.21. The number of hydrogen-bond donors (Lipinski definition) is 1. The Labute approximate surface area is 101 Å². The van der Waals surface area contributed by atoms with Gasteiger partial charge in [-0.1, -0.05) is 6.07 Å². The van der Waals surface area contributed by atoms with Crippen molar-refractivity contribution in [2.75, 3.05) is 11.9 Å². The Balaban J connectivity index is 2.21. The molecule has 0 aromatic carbocycles. The lowest BCUT2D eigenvalue weighted by molar-refractivity contribution is 0.506. The molecule has 2 aromatic heterocycles. The summed E-state index contributed by atoms with van der Waals surface area (Å²) >= 11 is 0. The van der Waals surface area contributed by atoms with Crippen molar-refractivity contribution in [3.05, 3.63) is 48.0 Å². The van der Waals surface area contributed by atoms with Crippen molar-refractivity contribution >= 4 is 5.82 Å². The standard InChI is InChI=1S/C13H17N3O/c1-10(14)12-6-3-7-15-13(12)16(2)9-11-5-4-8-17-11/h3-8,10H,9,14H2,1-2H3/t10-/m1/s1. The summed E-state index contributed by atoms with van der Waals surface area (Å²) in [5.41, 5.74) is 6.98. The summed E-state index contributed by atoms with van der Waals surface area (Å²) in [6.45, 7) is 2.64. The fourth-order valence-corrected chi connectivity index (χ4v) is 1.79. The topological polar surface area (TPSA) is 55.3 Å². The maximum atomic E-state index is 5.94. The lowest BCUT2D eigenvalue weighted by Crippen LogP contribution is -2.21. The van der Waals surface area contributed by atoms with Crippen molar-refractivity contribution < 1.29 is 4.42 Å². The molecule has 0 aliphatic carbocycles. The van der Waals surface area contributed by atoms with Gasteiger partial charge in [0.25, 0.3) is 0 Å². The molecule has 1 atom stereocenters. The maximum Gasteiger partial charge on any atom is 0.133 e. The minimum Gasteiger partial charge on any atom is -0.467 e. The van der Waals surface area contributed by atoms with Crippen LogP contribution in [0.15, 0.2) is 41.1 Å². The van der Waals surface area contributed by atoms with Gasteiger partial charge in [0.1, 0.15) is 11.6 Å². The largest absolute Gasteiger partial charge is 0.467 e. The number of hydrogen-bond acceptors (Lipinski definition) is 4. The summed E-state index contributed by atoms with van der Waals surface area (Å²) in [5, 5.41) is 0. The van der Waals surface area contributed by atoms with E-state index in [4.69, 9.17) is 10.2 Å². The highest BCUT2D eigenvalue weighted by molar-refractivity contribution is 5.47. The summed E-state index contributed by atoms with van der Waals surface area (Å²) in [6.07, 6.45) is 3.45. The highest BCUT2D eigenvalue weighted by Crippen LogP contribution is 2.22. The number of pyridine rings is 1. The van der Waals surface area contributed by atoms with Crippen LogP contribution in [0.3, 0.4) is 0 Å². The summed E-state index contributed by atoms with van der Waals surface area (Å²) in [4.78, 5) is 6.42. The zero-order valence-electron chi connectivity index (χ0n) is 10.1. The second-order valence-corrected chi connectivity index (χ2v) is 4.14. The van der Waals surface area contributed by atoms with Gasteiger partial charge in [0.2, 0.25) is 0 Å². The van der Waals surface area contributed by atoms with Crippen LogP contribution in [0.5, 0.6) is 0 Å². The predicted octanol–water partition coefficient (Wildman–Crippen LogP) is 2.33. The first-order valence-electron chi connectivity index (χ1n) is 5.62. The molecule has 2 rings (SSSR count). The average molecular weight is 231 g/mol. The van der Waals surface area contributed by atoms with Gasteiger partial charge < -0.3 is 15.1 Å². The second kappa shape index (κ2) is 5.01. The predicted molar refractivity (Wildman–Crippen MR) is 67.7 cm³/mol. The molecular weight excluding hydrogens is 214 g/mol. The van der Waals surface area contributed by atoms with Crippen molar-refractivity contribution in [1.82, 2.24) is 4.98 Å². The van der Waals surface area contributed by atoms with Crippen LogP contribution in [0, 0.1) is 0 Å². The third-order valence-corrected chi connectivity index (χ3v) is 2.64. The molecule has 0 radical (unpaired) electrons. The molecular formula is C13H17N3O. The molecule has 0 bridgehead atoms. The lowest BCUT2D eigenvalue weighted by atomic mass is 10.1. The zero-order chi connectivity index (χ0) is 12.3. The smallest absolute Gasteiger partial charge is 0.133 e. The first-order chi connectivity index (χ1) is 8.18. The molecule has 2 aromatic rings. The quantitative estimate of drug-likeness (QED) is 0.877. The monoisotopic (exact) mass is 231 g/mol. The van der Waals surface area contributed by atoms with Gasteiger partial charge in [-0.3, -0.25) is 0 Å². The Hall–Kier alpha value is -1.81. The number of anilines is 1. The van der Waals surface area contributed by atoms with Crippen LogP contribution >= 0.6 is 0 Å². The number of nitrogens with two attached hydrogens (primary N) is 1. The van der Waals surface area contributed by atoms with Gasteiger partial charge >= 0.3 is 0 Å². The van der Waals surface area contributed by atoms with Crippen LogP contribution in [0.25, 0.3) is 0 Å². The third kappa shape index (κ3) is 2.65. The molecule has 90 valence electrons. The molecule has 0 fully saturated rings. The molecule has 0 amide bonds. The highest BCUT2D eigenvalue weighted by Gasteiger charge is 2.12. The molecule has 2 heterocycles. The van der Waals surface area contributed by atoms with Crippen LogP contribution < -0.4 is 10.6 Å². The fourth-order valence-electron chi connectivity index (χ4n) is 1.79. The number of aromatic nitrogens is 1. The number of furan rings is 1. The fraction of sp³-hybridized carbons (Fsp3) is 0.308. The summed E-state index contributed by atoms with van der Waals surface area (Å²) < 4.78 is 5.33. The first-order valence-corrected chi connectivity index (χ1v) is 5.62. The van der Waals surface area contributed by atoms with Gasteiger partial charge in [0.05, 0.1) is 12.8 Å². The molecule has 2 N–H and O–H groups in total. The molecule has 0 saturated carbocycles. The van der Waals surface area contributed by atoms with Gasteiger partial charge in [-0.2, -0.15) is 0 Å². The van der Waals surface area contributed by atoms with Crippen LogP contribution in [0.2, 0.25) is 0 Å². The van der Waals surface area contributed by atoms with E-state index in [-0.39, 0.29) is 6.04 Å². The van der Waals surface area contributed by atoms with Gasteiger partial charge in [-0.15, -0.1) is 0 Å².